The second kappa shape index (κ2) is 7.55. The number of halogens is 4. The fourth-order valence-corrected chi connectivity index (χ4v) is 2.51. The van der Waals surface area contributed by atoms with E-state index in [0.29, 0.717) is 26.5 Å². The first-order valence-corrected chi connectivity index (χ1v) is 8.17. The van der Waals surface area contributed by atoms with Crippen molar-refractivity contribution in [1.29, 1.82) is 0 Å². The molecule has 7 heteroatoms. The number of hydrogen-bond donors (Lipinski definition) is 1. The average Bonchev–Trinajstić information content (AvgIpc) is 2.45. The molecule has 0 fully saturated rings. The first-order valence-electron chi connectivity index (χ1n) is 6.24. The lowest BCUT2D eigenvalue weighted by molar-refractivity contribution is -0.122. The zero-order valence-electron chi connectivity index (χ0n) is 11.4. The molecule has 2 aromatic rings. The van der Waals surface area contributed by atoms with E-state index in [4.69, 9.17) is 39.5 Å². The van der Waals surface area contributed by atoms with E-state index in [1.165, 1.54) is 0 Å². The normalized spacial score (nSPS) is 11.9. The van der Waals surface area contributed by atoms with Gasteiger partial charge in [-0.3, -0.25) is 4.79 Å². The molecule has 0 aliphatic carbocycles. The van der Waals surface area contributed by atoms with Gasteiger partial charge in [0.2, 0.25) is 0 Å². The highest BCUT2D eigenvalue weighted by atomic mass is 79.9. The molecule has 0 bridgehead atoms. The van der Waals surface area contributed by atoms with Crippen molar-refractivity contribution in [3.63, 3.8) is 0 Å². The summed E-state index contributed by atoms with van der Waals surface area (Å²) in [6.45, 7) is 1.63. The maximum atomic E-state index is 12.1. The van der Waals surface area contributed by atoms with Gasteiger partial charge in [-0.1, -0.05) is 34.8 Å². The summed E-state index contributed by atoms with van der Waals surface area (Å²) in [5.74, 6) is 0.0759. The van der Waals surface area contributed by atoms with Gasteiger partial charge in [0.25, 0.3) is 5.91 Å². The Morgan fingerprint density at radius 2 is 1.86 bits per heavy atom. The molecule has 2 rings (SSSR count). The Morgan fingerprint density at radius 3 is 2.50 bits per heavy atom. The molecule has 116 valence electrons. The summed E-state index contributed by atoms with van der Waals surface area (Å²) < 4.78 is 6.30. The Morgan fingerprint density at radius 1 is 1.14 bits per heavy atom. The Kier molecular flexibility index (Phi) is 5.98. The molecule has 0 spiro atoms. The van der Waals surface area contributed by atoms with E-state index >= 15 is 0 Å². The highest BCUT2D eigenvalue weighted by Crippen LogP contribution is 2.29. The van der Waals surface area contributed by atoms with Gasteiger partial charge in [0.1, 0.15) is 5.75 Å². The van der Waals surface area contributed by atoms with Gasteiger partial charge >= 0.3 is 0 Å². The second-order valence-corrected chi connectivity index (χ2v) is 6.56. The van der Waals surface area contributed by atoms with Crippen LogP contribution in [0.15, 0.2) is 40.9 Å². The van der Waals surface area contributed by atoms with E-state index in [2.05, 4.69) is 21.2 Å². The van der Waals surface area contributed by atoms with Crippen molar-refractivity contribution in [1.82, 2.24) is 0 Å². The van der Waals surface area contributed by atoms with Crippen LogP contribution in [0.3, 0.4) is 0 Å². The summed E-state index contributed by atoms with van der Waals surface area (Å²) in [7, 11) is 0. The fraction of sp³-hybridized carbons (Fsp3) is 0.133. The molecule has 3 nitrogen and oxygen atoms in total. The smallest absolute Gasteiger partial charge is 0.265 e. The van der Waals surface area contributed by atoms with Crippen LogP contribution in [0.25, 0.3) is 0 Å². The van der Waals surface area contributed by atoms with Crippen molar-refractivity contribution in [2.45, 2.75) is 13.0 Å². The topological polar surface area (TPSA) is 38.3 Å². The van der Waals surface area contributed by atoms with Gasteiger partial charge in [-0.15, -0.1) is 0 Å². The van der Waals surface area contributed by atoms with Gasteiger partial charge < -0.3 is 10.1 Å². The first-order chi connectivity index (χ1) is 10.4. The Labute approximate surface area is 151 Å². The lowest BCUT2D eigenvalue weighted by atomic mass is 10.3. The monoisotopic (exact) mass is 421 g/mol. The molecule has 0 aliphatic heterocycles. The third-order valence-electron chi connectivity index (χ3n) is 2.75. The van der Waals surface area contributed by atoms with Crippen molar-refractivity contribution in [3.8, 4) is 5.75 Å². The van der Waals surface area contributed by atoms with Gasteiger partial charge in [-0.25, -0.2) is 0 Å². The highest BCUT2D eigenvalue weighted by molar-refractivity contribution is 9.10. The number of benzene rings is 2. The molecule has 2 aromatic carbocycles. The van der Waals surface area contributed by atoms with Crippen molar-refractivity contribution < 1.29 is 9.53 Å². The van der Waals surface area contributed by atoms with Crippen LogP contribution in [0.4, 0.5) is 5.69 Å². The summed E-state index contributed by atoms with van der Waals surface area (Å²) >= 11 is 21.1. The maximum Gasteiger partial charge on any atom is 0.265 e. The largest absolute Gasteiger partial charge is 0.479 e. The Balaban J connectivity index is 2.04. The lowest BCUT2D eigenvalue weighted by Crippen LogP contribution is -2.30. The van der Waals surface area contributed by atoms with E-state index in [1.807, 2.05) is 0 Å². The molecule has 0 radical (unpaired) electrons. The number of ether oxygens (including phenoxy) is 1. The minimum atomic E-state index is -0.735. The lowest BCUT2D eigenvalue weighted by Gasteiger charge is -2.16. The van der Waals surface area contributed by atoms with Crippen LogP contribution >= 0.6 is 50.7 Å². The van der Waals surface area contributed by atoms with Crippen LogP contribution < -0.4 is 10.1 Å². The standard InChI is InChI=1S/C15H11BrCl3NO2/c1-8(22-14-5-2-9(17)6-13(14)19)15(21)20-10-3-4-11(16)12(18)7-10/h2-8H,1H3,(H,20,21). The van der Waals surface area contributed by atoms with Crippen molar-refractivity contribution in [2.24, 2.45) is 0 Å². The summed E-state index contributed by atoms with van der Waals surface area (Å²) in [4.78, 5) is 12.1. The van der Waals surface area contributed by atoms with Crippen molar-refractivity contribution in [3.05, 3.63) is 55.9 Å². The van der Waals surface area contributed by atoms with Gasteiger partial charge in [-0.2, -0.15) is 0 Å². The van der Waals surface area contributed by atoms with E-state index in [0.717, 1.165) is 4.47 Å². The number of hydrogen-bond acceptors (Lipinski definition) is 2. The minimum absolute atomic E-state index is 0.315. The number of carbonyl (C=O) groups excluding carboxylic acids is 1. The number of anilines is 1. The Bertz CT molecular complexity index is 709. The SMILES string of the molecule is CC(Oc1ccc(Cl)cc1Cl)C(=O)Nc1ccc(Br)c(Cl)c1. The van der Waals surface area contributed by atoms with Crippen LogP contribution in [0, 0.1) is 0 Å². The van der Waals surface area contributed by atoms with Gasteiger partial charge in [0.15, 0.2) is 6.10 Å². The van der Waals surface area contributed by atoms with Crippen LogP contribution in [0.5, 0.6) is 5.75 Å². The number of amides is 1. The van der Waals surface area contributed by atoms with E-state index < -0.39 is 6.10 Å². The molecule has 1 N–H and O–H groups in total. The van der Waals surface area contributed by atoms with E-state index in [9.17, 15) is 4.79 Å². The van der Waals surface area contributed by atoms with Gasteiger partial charge in [0, 0.05) is 15.2 Å². The van der Waals surface area contributed by atoms with Crippen molar-refractivity contribution in [2.75, 3.05) is 5.32 Å². The number of carbonyl (C=O) groups is 1. The molecule has 0 aliphatic rings. The zero-order valence-corrected chi connectivity index (χ0v) is 15.2. The van der Waals surface area contributed by atoms with Crippen molar-refractivity contribution >= 4 is 62.3 Å². The molecule has 1 atom stereocenters. The van der Waals surface area contributed by atoms with E-state index in [1.54, 1.807) is 43.3 Å². The predicted molar refractivity (Wildman–Crippen MR) is 94.3 cm³/mol. The molecule has 0 heterocycles. The Hall–Kier alpha value is -0.940. The molecular formula is C15H11BrCl3NO2. The third-order valence-corrected chi connectivity index (χ3v) is 4.52. The third kappa shape index (κ3) is 4.53. The fourth-order valence-electron chi connectivity index (χ4n) is 1.63. The molecule has 0 saturated carbocycles. The highest BCUT2D eigenvalue weighted by Gasteiger charge is 2.16. The number of nitrogens with one attached hydrogen (secondary N) is 1. The summed E-state index contributed by atoms with van der Waals surface area (Å²) in [5, 5.41) is 4.07. The van der Waals surface area contributed by atoms with Crippen LogP contribution in [-0.2, 0) is 4.79 Å². The molecule has 0 saturated heterocycles. The van der Waals surface area contributed by atoms with Gasteiger partial charge in [0.05, 0.1) is 10.0 Å². The molecule has 0 aromatic heterocycles. The van der Waals surface area contributed by atoms with Crippen LogP contribution in [0.2, 0.25) is 15.1 Å². The summed E-state index contributed by atoms with van der Waals surface area (Å²) in [6, 6.07) is 9.94. The van der Waals surface area contributed by atoms with Gasteiger partial charge in [-0.05, 0) is 59.3 Å². The molecule has 22 heavy (non-hydrogen) atoms. The quantitative estimate of drug-likeness (QED) is 0.673. The minimum Gasteiger partial charge on any atom is -0.479 e. The van der Waals surface area contributed by atoms with Crippen LogP contribution in [0.1, 0.15) is 6.92 Å². The summed E-state index contributed by atoms with van der Waals surface area (Å²) in [5.41, 5.74) is 0.579. The maximum absolute atomic E-state index is 12.1. The first kappa shape index (κ1) is 17.4. The predicted octanol–water partition coefficient (Wildman–Crippen LogP) is 5.82. The van der Waals surface area contributed by atoms with Crippen LogP contribution in [-0.4, -0.2) is 12.0 Å². The average molecular weight is 424 g/mol. The molecule has 1 unspecified atom stereocenters. The summed E-state index contributed by atoms with van der Waals surface area (Å²) in [6.07, 6.45) is -0.735. The second-order valence-electron chi connectivity index (χ2n) is 4.45. The number of rotatable bonds is 4. The molecular weight excluding hydrogens is 412 g/mol. The van der Waals surface area contributed by atoms with E-state index in [-0.39, 0.29) is 5.91 Å². The zero-order chi connectivity index (χ0) is 16.3. The molecule has 1 amide bonds.